The number of carboxylic acid groups (broad SMARTS) is 1. The van der Waals surface area contributed by atoms with E-state index in [2.05, 4.69) is 0 Å². The number of carbonyl (C=O) groups excluding carboxylic acids is 1. The highest BCUT2D eigenvalue weighted by Gasteiger charge is 2.22. The monoisotopic (exact) mass is 336 g/mol. The number of benzene rings is 1. The summed E-state index contributed by atoms with van der Waals surface area (Å²) in [5.74, 6) is -1.22. The summed E-state index contributed by atoms with van der Waals surface area (Å²) in [7, 11) is 0. The minimum Gasteiger partial charge on any atom is -0.481 e. The first kappa shape index (κ1) is 16.9. The molecule has 0 aliphatic rings. The molecule has 0 spiro atoms. The fourth-order valence-electron chi connectivity index (χ4n) is 2.20. The highest BCUT2D eigenvalue weighted by molar-refractivity contribution is 7.20. The third kappa shape index (κ3) is 3.84. The Morgan fingerprint density at radius 2 is 2.04 bits per heavy atom. The van der Waals surface area contributed by atoms with Crippen LogP contribution in [0.5, 0.6) is 0 Å². The number of nitrogens with zero attached hydrogens (tertiary/aromatic N) is 2. The molecular formula is C15H16N2O5S. The molecule has 2 aromatic rings. The lowest BCUT2D eigenvalue weighted by Gasteiger charge is -2.25. The zero-order valence-electron chi connectivity index (χ0n) is 12.7. The summed E-state index contributed by atoms with van der Waals surface area (Å²) in [4.78, 5) is 35.6. The Hall–Kier alpha value is -2.48. The number of nitro benzene ring substituents is 1. The first-order chi connectivity index (χ1) is 10.8. The summed E-state index contributed by atoms with van der Waals surface area (Å²) >= 11 is 1.24. The molecule has 0 aliphatic heterocycles. The summed E-state index contributed by atoms with van der Waals surface area (Å²) < 4.78 is 0.779. The zero-order valence-corrected chi connectivity index (χ0v) is 13.5. The van der Waals surface area contributed by atoms with Crippen LogP contribution in [-0.4, -0.2) is 39.4 Å². The van der Waals surface area contributed by atoms with E-state index in [-0.39, 0.29) is 30.6 Å². The molecule has 2 rings (SSSR count). The summed E-state index contributed by atoms with van der Waals surface area (Å²) in [6.07, 6.45) is -0.125. The topological polar surface area (TPSA) is 101 Å². The lowest BCUT2D eigenvalue weighted by atomic mass is 10.2. The fraction of sp³-hybridized carbons (Fsp3) is 0.333. The van der Waals surface area contributed by atoms with E-state index in [9.17, 15) is 19.7 Å². The molecule has 1 amide bonds. The second-order valence-corrected chi connectivity index (χ2v) is 6.41. The van der Waals surface area contributed by atoms with Gasteiger partial charge in [-0.25, -0.2) is 0 Å². The zero-order chi connectivity index (χ0) is 17.1. The number of thiophene rings is 1. The molecule has 0 saturated heterocycles. The van der Waals surface area contributed by atoms with Crippen LogP contribution < -0.4 is 0 Å². The molecule has 1 heterocycles. The van der Waals surface area contributed by atoms with Crippen LogP contribution in [0.3, 0.4) is 0 Å². The lowest BCUT2D eigenvalue weighted by molar-refractivity contribution is -0.384. The van der Waals surface area contributed by atoms with Gasteiger partial charge in [-0.2, -0.15) is 0 Å². The largest absolute Gasteiger partial charge is 0.481 e. The predicted octanol–water partition coefficient (Wildman–Crippen LogP) is 3.13. The maximum Gasteiger partial charge on any atom is 0.305 e. The number of aliphatic carboxylic acids is 1. The summed E-state index contributed by atoms with van der Waals surface area (Å²) in [5, 5.41) is 20.2. The number of carboxylic acids is 1. The van der Waals surface area contributed by atoms with Crippen LogP contribution in [0.1, 0.15) is 29.9 Å². The van der Waals surface area contributed by atoms with Crippen LogP contribution in [0.25, 0.3) is 10.1 Å². The van der Waals surface area contributed by atoms with Crippen molar-refractivity contribution in [2.45, 2.75) is 26.3 Å². The third-order valence-electron chi connectivity index (χ3n) is 3.37. The number of carbonyl (C=O) groups is 2. The first-order valence-electron chi connectivity index (χ1n) is 7.00. The number of fused-ring (bicyclic) bond motifs is 1. The van der Waals surface area contributed by atoms with Crippen LogP contribution in [0.4, 0.5) is 5.69 Å². The minimum absolute atomic E-state index is 0.0270. The molecule has 122 valence electrons. The highest BCUT2D eigenvalue weighted by atomic mass is 32.1. The van der Waals surface area contributed by atoms with E-state index in [1.165, 1.54) is 28.4 Å². The Morgan fingerprint density at radius 1 is 1.35 bits per heavy atom. The van der Waals surface area contributed by atoms with Gasteiger partial charge in [0.15, 0.2) is 0 Å². The van der Waals surface area contributed by atoms with Crippen LogP contribution in [0, 0.1) is 10.1 Å². The summed E-state index contributed by atoms with van der Waals surface area (Å²) in [6, 6.07) is 5.93. The third-order valence-corrected chi connectivity index (χ3v) is 4.48. The van der Waals surface area contributed by atoms with Gasteiger partial charge in [-0.3, -0.25) is 19.7 Å². The molecule has 1 aromatic heterocycles. The second kappa shape index (κ2) is 6.74. The van der Waals surface area contributed by atoms with Gasteiger partial charge in [0, 0.05) is 34.8 Å². The number of amides is 1. The van der Waals surface area contributed by atoms with Crippen molar-refractivity contribution in [3.05, 3.63) is 39.3 Å². The van der Waals surface area contributed by atoms with Gasteiger partial charge in [0.2, 0.25) is 0 Å². The second-order valence-electron chi connectivity index (χ2n) is 5.33. The molecular weight excluding hydrogens is 320 g/mol. The molecule has 0 unspecified atom stereocenters. The molecule has 0 aliphatic carbocycles. The lowest BCUT2D eigenvalue weighted by Crippen LogP contribution is -2.38. The average Bonchev–Trinajstić information content (AvgIpc) is 2.89. The van der Waals surface area contributed by atoms with E-state index in [4.69, 9.17) is 5.11 Å². The molecule has 23 heavy (non-hydrogen) atoms. The van der Waals surface area contributed by atoms with Crippen molar-refractivity contribution in [3.8, 4) is 0 Å². The van der Waals surface area contributed by atoms with Gasteiger partial charge in [-0.1, -0.05) is 0 Å². The molecule has 7 nitrogen and oxygen atoms in total. The molecule has 8 heteroatoms. The van der Waals surface area contributed by atoms with Gasteiger partial charge in [0.1, 0.15) is 0 Å². The Morgan fingerprint density at radius 3 is 2.61 bits per heavy atom. The maximum atomic E-state index is 12.6. The number of hydrogen-bond donors (Lipinski definition) is 1. The van der Waals surface area contributed by atoms with E-state index in [0.29, 0.717) is 10.3 Å². The SMILES string of the molecule is CC(C)N(CCC(=O)O)C(=O)c1cc2cc([N+](=O)[O-])ccc2s1. The van der Waals surface area contributed by atoms with Crippen LogP contribution in [0.15, 0.2) is 24.3 Å². The van der Waals surface area contributed by atoms with E-state index >= 15 is 0 Å². The number of rotatable bonds is 6. The number of hydrogen-bond acceptors (Lipinski definition) is 5. The van der Waals surface area contributed by atoms with Crippen molar-refractivity contribution in [2.75, 3.05) is 6.54 Å². The Balaban J connectivity index is 2.31. The minimum atomic E-state index is -0.963. The number of nitro groups is 1. The van der Waals surface area contributed by atoms with Crippen molar-refractivity contribution in [2.24, 2.45) is 0 Å². The van der Waals surface area contributed by atoms with Crippen molar-refractivity contribution >= 4 is 39.0 Å². The van der Waals surface area contributed by atoms with Gasteiger partial charge < -0.3 is 10.0 Å². The molecule has 1 aromatic carbocycles. The van der Waals surface area contributed by atoms with Gasteiger partial charge in [0.25, 0.3) is 11.6 Å². The Kier molecular flexibility index (Phi) is 4.95. The Labute approximate surface area is 136 Å². The summed E-state index contributed by atoms with van der Waals surface area (Å²) in [6.45, 7) is 3.76. The molecule has 1 N–H and O–H groups in total. The van der Waals surface area contributed by atoms with Crippen LogP contribution in [-0.2, 0) is 4.79 Å². The van der Waals surface area contributed by atoms with Crippen molar-refractivity contribution in [1.82, 2.24) is 4.90 Å². The van der Waals surface area contributed by atoms with Gasteiger partial charge in [-0.05, 0) is 26.0 Å². The molecule has 0 radical (unpaired) electrons. The van der Waals surface area contributed by atoms with Crippen LogP contribution in [0.2, 0.25) is 0 Å². The quantitative estimate of drug-likeness (QED) is 0.645. The smallest absolute Gasteiger partial charge is 0.305 e. The average molecular weight is 336 g/mol. The van der Waals surface area contributed by atoms with Crippen molar-refractivity contribution in [3.63, 3.8) is 0 Å². The maximum absolute atomic E-state index is 12.6. The van der Waals surface area contributed by atoms with Gasteiger partial charge in [-0.15, -0.1) is 11.3 Å². The van der Waals surface area contributed by atoms with Gasteiger partial charge in [0.05, 0.1) is 16.2 Å². The number of non-ortho nitro benzene ring substituents is 1. The summed E-state index contributed by atoms with van der Waals surface area (Å²) in [5.41, 5.74) is -0.0270. The van der Waals surface area contributed by atoms with E-state index in [1.54, 1.807) is 12.1 Å². The van der Waals surface area contributed by atoms with E-state index in [1.807, 2.05) is 13.8 Å². The fourth-order valence-corrected chi connectivity index (χ4v) is 3.20. The highest BCUT2D eigenvalue weighted by Crippen LogP contribution is 2.30. The normalized spacial score (nSPS) is 10.9. The van der Waals surface area contributed by atoms with Crippen LogP contribution >= 0.6 is 11.3 Å². The van der Waals surface area contributed by atoms with Gasteiger partial charge >= 0.3 is 5.97 Å². The molecule has 0 saturated carbocycles. The standard InChI is InChI=1S/C15H16N2O5S/c1-9(2)16(6-5-14(18)19)15(20)13-8-10-7-11(17(21)22)3-4-12(10)23-13/h3-4,7-9H,5-6H2,1-2H3,(H,18,19). The molecule has 0 fully saturated rings. The predicted molar refractivity (Wildman–Crippen MR) is 86.9 cm³/mol. The molecule has 0 bridgehead atoms. The Bertz CT molecular complexity index is 768. The van der Waals surface area contributed by atoms with E-state index < -0.39 is 10.9 Å². The van der Waals surface area contributed by atoms with Crippen molar-refractivity contribution < 1.29 is 19.6 Å². The molecule has 0 atom stereocenters. The van der Waals surface area contributed by atoms with E-state index in [0.717, 1.165) is 4.70 Å². The van der Waals surface area contributed by atoms with Crippen molar-refractivity contribution in [1.29, 1.82) is 0 Å². The first-order valence-corrected chi connectivity index (χ1v) is 7.82.